The van der Waals surface area contributed by atoms with Crippen molar-refractivity contribution in [1.29, 1.82) is 0 Å². The van der Waals surface area contributed by atoms with E-state index < -0.39 is 0 Å². The van der Waals surface area contributed by atoms with E-state index in [4.69, 9.17) is 18.2 Å². The first-order valence-corrected chi connectivity index (χ1v) is 4.15. The van der Waals surface area contributed by atoms with Gasteiger partial charge < -0.3 is 0 Å². The van der Waals surface area contributed by atoms with Crippen molar-refractivity contribution in [1.82, 2.24) is 15.0 Å². The molecule has 1 heterocycles. The second kappa shape index (κ2) is 3.04. The fourth-order valence-electron chi connectivity index (χ4n) is 1.11. The molecule has 0 saturated carbocycles. The fourth-order valence-corrected chi connectivity index (χ4v) is 1.29. The highest BCUT2D eigenvalue weighted by atomic mass is 35.5. The van der Waals surface area contributed by atoms with E-state index >= 15 is 0 Å². The van der Waals surface area contributed by atoms with Crippen LogP contribution in [0.2, 0.25) is 0 Å². The summed E-state index contributed by atoms with van der Waals surface area (Å²) in [6.45, 7) is 6.84. The van der Waals surface area contributed by atoms with Crippen LogP contribution < -0.4 is 0 Å². The summed E-state index contributed by atoms with van der Waals surface area (Å²) in [4.78, 5) is 3.31. The van der Waals surface area contributed by atoms with Crippen LogP contribution in [0.4, 0.5) is 5.69 Å². The average molecular weight is 193 g/mol. The van der Waals surface area contributed by atoms with Crippen LogP contribution >= 0.6 is 11.6 Å². The molecule has 0 aliphatic heterocycles. The van der Waals surface area contributed by atoms with Crippen LogP contribution in [0, 0.1) is 6.57 Å². The summed E-state index contributed by atoms with van der Waals surface area (Å²) in [6.07, 6.45) is 0. The zero-order valence-electron chi connectivity index (χ0n) is 6.61. The molecule has 0 amide bonds. The molecule has 2 aromatic rings. The van der Waals surface area contributed by atoms with Gasteiger partial charge in [-0.25, -0.2) is 9.53 Å². The molecule has 5 heteroatoms. The van der Waals surface area contributed by atoms with Crippen LogP contribution in [-0.2, 0) is 6.00 Å². The average Bonchev–Trinajstić information content (AvgIpc) is 2.59. The third-order valence-electron chi connectivity index (χ3n) is 1.74. The Hall–Kier alpha value is -1.60. The van der Waals surface area contributed by atoms with Crippen LogP contribution in [0.15, 0.2) is 18.2 Å². The van der Waals surface area contributed by atoms with Crippen molar-refractivity contribution in [3.63, 3.8) is 0 Å². The molecule has 13 heavy (non-hydrogen) atoms. The number of rotatable bonds is 1. The molecule has 0 saturated heterocycles. The molecule has 2 rings (SSSR count). The van der Waals surface area contributed by atoms with E-state index in [0.29, 0.717) is 5.69 Å². The van der Waals surface area contributed by atoms with E-state index in [0.717, 1.165) is 11.0 Å². The van der Waals surface area contributed by atoms with Gasteiger partial charge in [0.25, 0.3) is 0 Å². The number of fused-ring (bicyclic) bond motifs is 1. The normalized spacial score (nSPS) is 10.2. The summed E-state index contributed by atoms with van der Waals surface area (Å²) in [5, 5.41) is 7.71. The molecule has 0 bridgehead atoms. The van der Waals surface area contributed by atoms with Crippen LogP contribution in [0.3, 0.4) is 0 Å². The van der Waals surface area contributed by atoms with Crippen LogP contribution in [0.5, 0.6) is 0 Å². The number of nitrogens with zero attached hydrogens (tertiary/aromatic N) is 4. The van der Waals surface area contributed by atoms with Gasteiger partial charge in [-0.3, -0.25) is 0 Å². The lowest BCUT2D eigenvalue weighted by Gasteiger charge is -1.94. The van der Waals surface area contributed by atoms with E-state index in [1.54, 1.807) is 22.9 Å². The first-order chi connectivity index (χ1) is 6.35. The van der Waals surface area contributed by atoms with Gasteiger partial charge in [-0.15, -0.1) is 16.7 Å². The second-order valence-corrected chi connectivity index (χ2v) is 2.73. The Bertz CT molecular complexity index is 482. The van der Waals surface area contributed by atoms with Crippen LogP contribution in [0.1, 0.15) is 0 Å². The van der Waals surface area contributed by atoms with Crippen molar-refractivity contribution < 1.29 is 0 Å². The number of hydrogen-bond donors (Lipinski definition) is 0. The third-order valence-corrected chi connectivity index (χ3v) is 1.97. The number of alkyl halides is 1. The van der Waals surface area contributed by atoms with E-state index in [1.165, 1.54) is 0 Å². The van der Waals surface area contributed by atoms with Crippen LogP contribution in [-0.4, -0.2) is 15.0 Å². The summed E-state index contributed by atoms with van der Waals surface area (Å²) in [5.41, 5.74) is 2.12. The summed E-state index contributed by atoms with van der Waals surface area (Å²) in [7, 11) is 0. The molecule has 0 fully saturated rings. The van der Waals surface area contributed by atoms with Gasteiger partial charge in [-0.2, -0.15) is 0 Å². The lowest BCUT2D eigenvalue weighted by Crippen LogP contribution is -1.93. The number of halogens is 1. The lowest BCUT2D eigenvalue weighted by molar-refractivity contribution is 0.717. The van der Waals surface area contributed by atoms with Crippen molar-refractivity contribution in [2.24, 2.45) is 0 Å². The van der Waals surface area contributed by atoms with Gasteiger partial charge in [0.2, 0.25) is 0 Å². The zero-order chi connectivity index (χ0) is 9.26. The predicted molar refractivity (Wildman–Crippen MR) is 49.6 cm³/mol. The maximum Gasteiger partial charge on any atom is 0.189 e. The minimum Gasteiger partial charge on any atom is -0.238 e. The molecule has 0 aliphatic rings. The van der Waals surface area contributed by atoms with Gasteiger partial charge in [0.1, 0.15) is 11.5 Å². The number of aromatic nitrogens is 3. The van der Waals surface area contributed by atoms with Crippen molar-refractivity contribution >= 4 is 28.3 Å². The highest BCUT2D eigenvalue weighted by Gasteiger charge is 2.03. The van der Waals surface area contributed by atoms with E-state index in [9.17, 15) is 0 Å². The quantitative estimate of drug-likeness (QED) is 0.513. The Morgan fingerprint density at radius 1 is 1.54 bits per heavy atom. The van der Waals surface area contributed by atoms with Crippen molar-refractivity contribution in [3.8, 4) is 0 Å². The lowest BCUT2D eigenvalue weighted by atomic mass is 10.3. The monoisotopic (exact) mass is 192 g/mol. The Labute approximate surface area is 79.5 Å². The van der Waals surface area contributed by atoms with Gasteiger partial charge in [-0.1, -0.05) is 11.3 Å². The SMILES string of the molecule is [C-]#[N+]c1ccc2nnn(CCl)c2c1. The summed E-state index contributed by atoms with van der Waals surface area (Å²) in [5.74, 6) is 0. The van der Waals surface area contributed by atoms with Gasteiger partial charge in [0.15, 0.2) is 5.69 Å². The van der Waals surface area contributed by atoms with Gasteiger partial charge in [0, 0.05) is 0 Å². The maximum absolute atomic E-state index is 6.84. The van der Waals surface area contributed by atoms with Crippen molar-refractivity contribution in [2.45, 2.75) is 6.00 Å². The molecule has 4 nitrogen and oxygen atoms in total. The summed E-state index contributed by atoms with van der Waals surface area (Å²) in [6, 6.07) is 5.45. The van der Waals surface area contributed by atoms with Crippen molar-refractivity contribution in [3.05, 3.63) is 29.6 Å². The summed E-state index contributed by atoms with van der Waals surface area (Å²) < 4.78 is 1.55. The molecule has 1 aromatic heterocycles. The molecule has 0 spiro atoms. The highest BCUT2D eigenvalue weighted by Crippen LogP contribution is 2.19. The van der Waals surface area contributed by atoms with Crippen LogP contribution in [0.25, 0.3) is 15.9 Å². The third kappa shape index (κ3) is 1.23. The Kier molecular flexibility index (Phi) is 1.87. The standard InChI is InChI=1S/C8H5ClN4/c1-10-6-2-3-7-8(4-6)13(5-9)12-11-7/h2-4H,5H2. The molecule has 0 aliphatic carbocycles. The fraction of sp³-hybridized carbons (Fsp3) is 0.125. The molecule has 1 aromatic carbocycles. The molecular formula is C8H5ClN4. The molecule has 0 N–H and O–H groups in total. The number of benzene rings is 1. The van der Waals surface area contributed by atoms with Gasteiger partial charge in [-0.05, 0) is 12.1 Å². The zero-order valence-corrected chi connectivity index (χ0v) is 7.36. The first kappa shape index (κ1) is 8.02. The second-order valence-electron chi connectivity index (χ2n) is 2.49. The van der Waals surface area contributed by atoms with E-state index in [1.807, 2.05) is 0 Å². The molecular weight excluding hydrogens is 188 g/mol. The van der Waals surface area contributed by atoms with Gasteiger partial charge in [0.05, 0.1) is 12.1 Å². The Morgan fingerprint density at radius 3 is 3.08 bits per heavy atom. The van der Waals surface area contributed by atoms with Crippen molar-refractivity contribution in [2.75, 3.05) is 0 Å². The number of hydrogen-bond acceptors (Lipinski definition) is 2. The maximum atomic E-state index is 6.84. The van der Waals surface area contributed by atoms with E-state index in [2.05, 4.69) is 15.2 Å². The topological polar surface area (TPSA) is 35.1 Å². The molecule has 64 valence electrons. The highest BCUT2D eigenvalue weighted by molar-refractivity contribution is 6.15. The molecule has 0 unspecified atom stereocenters. The van der Waals surface area contributed by atoms with Gasteiger partial charge >= 0.3 is 0 Å². The Morgan fingerprint density at radius 2 is 2.38 bits per heavy atom. The predicted octanol–water partition coefficient (Wildman–Crippen LogP) is 2.18. The minimum atomic E-state index is 0.248. The Balaban J connectivity index is 2.73. The molecule has 0 radical (unpaired) electrons. The molecule has 0 atom stereocenters. The summed E-state index contributed by atoms with van der Waals surface area (Å²) >= 11 is 5.63. The van der Waals surface area contributed by atoms with E-state index in [-0.39, 0.29) is 6.00 Å². The minimum absolute atomic E-state index is 0.248. The first-order valence-electron chi connectivity index (χ1n) is 3.62. The largest absolute Gasteiger partial charge is 0.238 e. The smallest absolute Gasteiger partial charge is 0.189 e.